The van der Waals surface area contributed by atoms with Gasteiger partial charge in [0.15, 0.2) is 0 Å². The van der Waals surface area contributed by atoms with Gasteiger partial charge in [0, 0.05) is 6.42 Å². The first-order valence-corrected chi connectivity index (χ1v) is 9.91. The zero-order chi connectivity index (χ0) is 21.5. The van der Waals surface area contributed by atoms with Crippen molar-refractivity contribution in [1.29, 1.82) is 0 Å². The molecule has 152 valence electrons. The second-order valence-electron chi connectivity index (χ2n) is 6.90. The van der Waals surface area contributed by atoms with E-state index in [-0.39, 0.29) is 0 Å². The van der Waals surface area contributed by atoms with Crippen LogP contribution in [-0.4, -0.2) is 11.9 Å². The molecule has 0 aliphatic rings. The van der Waals surface area contributed by atoms with Crippen LogP contribution in [0, 0.1) is 0 Å². The standard InChI is InChI=1S/C27H20O4/c28-26(20-11-3-1-4-12-20)30-24-17-9-7-15-22(24)19-23-16-8-10-18-25(23)31-27(29)21-13-5-2-6-14-21/h1-18H,19H2. The van der Waals surface area contributed by atoms with Crippen molar-refractivity contribution in [2.45, 2.75) is 6.42 Å². The Morgan fingerprint density at radius 1 is 0.484 bits per heavy atom. The Labute approximate surface area is 180 Å². The summed E-state index contributed by atoms with van der Waals surface area (Å²) in [5.74, 6) is 0.106. The molecule has 4 aromatic carbocycles. The molecule has 0 unspecified atom stereocenters. The lowest BCUT2D eigenvalue weighted by molar-refractivity contribution is 0.0725. The van der Waals surface area contributed by atoms with Crippen molar-refractivity contribution in [1.82, 2.24) is 0 Å². The maximum absolute atomic E-state index is 12.5. The van der Waals surface area contributed by atoms with Gasteiger partial charge in [0.05, 0.1) is 11.1 Å². The number of esters is 2. The highest BCUT2D eigenvalue weighted by atomic mass is 16.5. The minimum absolute atomic E-state index is 0.420. The highest BCUT2D eigenvalue weighted by Gasteiger charge is 2.15. The summed E-state index contributed by atoms with van der Waals surface area (Å²) in [5.41, 5.74) is 2.59. The number of carbonyl (C=O) groups is 2. The number of benzene rings is 4. The Morgan fingerprint density at radius 2 is 0.839 bits per heavy atom. The zero-order valence-corrected chi connectivity index (χ0v) is 16.7. The molecule has 0 spiro atoms. The van der Waals surface area contributed by atoms with E-state index in [1.165, 1.54) is 0 Å². The molecule has 0 amide bonds. The van der Waals surface area contributed by atoms with E-state index in [9.17, 15) is 9.59 Å². The lowest BCUT2D eigenvalue weighted by atomic mass is 10.0. The van der Waals surface area contributed by atoms with Gasteiger partial charge >= 0.3 is 11.9 Å². The van der Waals surface area contributed by atoms with Crippen LogP contribution in [0.25, 0.3) is 0 Å². The van der Waals surface area contributed by atoms with Crippen molar-refractivity contribution in [3.63, 3.8) is 0 Å². The molecule has 0 saturated heterocycles. The predicted octanol–water partition coefficient (Wildman–Crippen LogP) is 5.72. The fraction of sp³-hybridized carbons (Fsp3) is 0.0370. The summed E-state index contributed by atoms with van der Waals surface area (Å²) >= 11 is 0. The largest absolute Gasteiger partial charge is 0.423 e. The average molecular weight is 408 g/mol. The summed E-state index contributed by atoms with van der Waals surface area (Å²) < 4.78 is 11.3. The van der Waals surface area contributed by atoms with Crippen LogP contribution in [0.5, 0.6) is 11.5 Å². The Bertz CT molecular complexity index is 1090. The molecule has 0 atom stereocenters. The molecule has 4 aromatic rings. The molecular weight excluding hydrogens is 388 g/mol. The molecule has 0 saturated carbocycles. The van der Waals surface area contributed by atoms with Gasteiger partial charge in [0.25, 0.3) is 0 Å². The topological polar surface area (TPSA) is 52.6 Å². The summed E-state index contributed by atoms with van der Waals surface area (Å²) in [5, 5.41) is 0. The van der Waals surface area contributed by atoms with Gasteiger partial charge in [-0.3, -0.25) is 0 Å². The van der Waals surface area contributed by atoms with Crippen molar-refractivity contribution in [3.05, 3.63) is 131 Å². The van der Waals surface area contributed by atoms with Crippen LogP contribution in [0.2, 0.25) is 0 Å². The average Bonchev–Trinajstić information content (AvgIpc) is 2.82. The Kier molecular flexibility index (Phi) is 6.19. The maximum atomic E-state index is 12.5. The van der Waals surface area contributed by atoms with Crippen molar-refractivity contribution in [2.75, 3.05) is 0 Å². The quantitative estimate of drug-likeness (QED) is 0.303. The Balaban J connectivity index is 1.55. The molecule has 0 heterocycles. The van der Waals surface area contributed by atoms with Gasteiger partial charge in [0.1, 0.15) is 11.5 Å². The third-order valence-electron chi connectivity index (χ3n) is 4.75. The van der Waals surface area contributed by atoms with Crippen LogP contribution < -0.4 is 9.47 Å². The van der Waals surface area contributed by atoms with E-state index in [0.717, 1.165) is 11.1 Å². The molecule has 0 fully saturated rings. The van der Waals surface area contributed by atoms with E-state index in [1.807, 2.05) is 48.5 Å². The molecule has 0 aromatic heterocycles. The summed E-state index contributed by atoms with van der Waals surface area (Å²) in [6.07, 6.45) is 0.441. The minimum Gasteiger partial charge on any atom is -0.423 e. The normalized spacial score (nSPS) is 10.3. The Hall–Kier alpha value is -4.18. The summed E-state index contributed by atoms with van der Waals surface area (Å²) in [6, 6.07) is 32.4. The molecule has 31 heavy (non-hydrogen) atoms. The van der Waals surface area contributed by atoms with Gasteiger partial charge in [-0.25, -0.2) is 9.59 Å². The van der Waals surface area contributed by atoms with Gasteiger partial charge in [0.2, 0.25) is 0 Å². The van der Waals surface area contributed by atoms with Crippen LogP contribution in [0.15, 0.2) is 109 Å². The molecule has 4 nitrogen and oxygen atoms in total. The van der Waals surface area contributed by atoms with Crippen LogP contribution in [0.1, 0.15) is 31.8 Å². The smallest absolute Gasteiger partial charge is 0.343 e. The fourth-order valence-electron chi connectivity index (χ4n) is 3.17. The number of ether oxygens (including phenoxy) is 2. The molecule has 0 aliphatic heterocycles. The number of carbonyl (C=O) groups excluding carboxylic acids is 2. The van der Waals surface area contributed by atoms with Crippen LogP contribution in [0.4, 0.5) is 0 Å². The molecule has 0 aliphatic carbocycles. The van der Waals surface area contributed by atoms with E-state index in [2.05, 4.69) is 0 Å². The number of rotatable bonds is 6. The van der Waals surface area contributed by atoms with E-state index in [0.29, 0.717) is 29.0 Å². The van der Waals surface area contributed by atoms with Crippen molar-refractivity contribution >= 4 is 11.9 Å². The molecule has 4 heteroatoms. The number of hydrogen-bond donors (Lipinski definition) is 0. The summed E-state index contributed by atoms with van der Waals surface area (Å²) in [7, 11) is 0. The van der Waals surface area contributed by atoms with Crippen molar-refractivity contribution < 1.29 is 19.1 Å². The lowest BCUT2D eigenvalue weighted by Crippen LogP contribution is -2.11. The summed E-state index contributed by atoms with van der Waals surface area (Å²) in [4.78, 5) is 25.0. The predicted molar refractivity (Wildman–Crippen MR) is 118 cm³/mol. The molecule has 0 bridgehead atoms. The number of hydrogen-bond acceptors (Lipinski definition) is 4. The highest BCUT2D eigenvalue weighted by molar-refractivity contribution is 5.91. The monoisotopic (exact) mass is 408 g/mol. The van der Waals surface area contributed by atoms with Gasteiger partial charge in [-0.2, -0.15) is 0 Å². The first-order valence-electron chi connectivity index (χ1n) is 9.91. The highest BCUT2D eigenvalue weighted by Crippen LogP contribution is 2.27. The molecular formula is C27H20O4. The van der Waals surface area contributed by atoms with Gasteiger partial charge in [-0.05, 0) is 47.5 Å². The fourth-order valence-corrected chi connectivity index (χ4v) is 3.17. The maximum Gasteiger partial charge on any atom is 0.343 e. The van der Waals surface area contributed by atoms with E-state index in [4.69, 9.17) is 9.47 Å². The molecule has 0 radical (unpaired) electrons. The van der Waals surface area contributed by atoms with E-state index in [1.54, 1.807) is 60.7 Å². The Morgan fingerprint density at radius 3 is 1.26 bits per heavy atom. The van der Waals surface area contributed by atoms with Gasteiger partial charge < -0.3 is 9.47 Å². The van der Waals surface area contributed by atoms with Crippen molar-refractivity contribution in [2.24, 2.45) is 0 Å². The molecule has 4 rings (SSSR count). The van der Waals surface area contributed by atoms with E-state index < -0.39 is 11.9 Å². The first kappa shape index (κ1) is 20.1. The van der Waals surface area contributed by atoms with Crippen LogP contribution >= 0.6 is 0 Å². The summed E-state index contributed by atoms with van der Waals surface area (Å²) in [6.45, 7) is 0. The zero-order valence-electron chi connectivity index (χ0n) is 16.7. The van der Waals surface area contributed by atoms with E-state index >= 15 is 0 Å². The molecule has 0 N–H and O–H groups in total. The van der Waals surface area contributed by atoms with Gasteiger partial charge in [-0.1, -0.05) is 72.8 Å². The SMILES string of the molecule is O=C(Oc1ccccc1Cc1ccccc1OC(=O)c1ccccc1)c1ccccc1. The van der Waals surface area contributed by atoms with Crippen LogP contribution in [-0.2, 0) is 6.42 Å². The lowest BCUT2D eigenvalue weighted by Gasteiger charge is -2.13. The second kappa shape index (κ2) is 9.55. The minimum atomic E-state index is -0.420. The van der Waals surface area contributed by atoms with Crippen LogP contribution in [0.3, 0.4) is 0 Å². The van der Waals surface area contributed by atoms with Crippen molar-refractivity contribution in [3.8, 4) is 11.5 Å². The number of para-hydroxylation sites is 2. The third-order valence-corrected chi connectivity index (χ3v) is 4.75. The second-order valence-corrected chi connectivity index (χ2v) is 6.90. The first-order chi connectivity index (χ1) is 15.2. The van der Waals surface area contributed by atoms with Gasteiger partial charge in [-0.15, -0.1) is 0 Å². The third kappa shape index (κ3) is 5.06.